The normalized spacial score (nSPS) is 11.8. The summed E-state index contributed by atoms with van der Waals surface area (Å²) in [4.78, 5) is 22.7. The first-order valence-corrected chi connectivity index (χ1v) is 10.5. The highest BCUT2D eigenvalue weighted by Crippen LogP contribution is 2.24. The van der Waals surface area contributed by atoms with Gasteiger partial charge in [-0.1, -0.05) is 24.3 Å². The number of nitro groups is 1. The summed E-state index contributed by atoms with van der Waals surface area (Å²) in [5.41, 5.74) is 5.10. The van der Waals surface area contributed by atoms with E-state index in [0.717, 1.165) is 21.7 Å². The lowest BCUT2D eigenvalue weighted by molar-refractivity contribution is -0.384. The van der Waals surface area contributed by atoms with Gasteiger partial charge in [-0.3, -0.25) is 19.2 Å². The summed E-state index contributed by atoms with van der Waals surface area (Å²) in [6, 6.07) is 11.0. The molecule has 0 saturated heterocycles. The molecule has 0 aliphatic rings. The molecule has 10 heteroatoms. The Kier molecular flexibility index (Phi) is 6.70. The third-order valence-corrected chi connectivity index (χ3v) is 5.48. The van der Waals surface area contributed by atoms with Crippen LogP contribution in [-0.4, -0.2) is 37.8 Å². The van der Waals surface area contributed by atoms with Crippen molar-refractivity contribution in [1.29, 1.82) is 0 Å². The Hall–Kier alpha value is -3.27. The number of amides is 1. The first-order chi connectivity index (χ1) is 13.5. The van der Waals surface area contributed by atoms with E-state index in [1.807, 2.05) is 13.0 Å². The Bertz CT molecular complexity index is 1080. The average molecular weight is 418 g/mol. The number of anilines is 1. The van der Waals surface area contributed by atoms with Gasteiger partial charge >= 0.3 is 0 Å². The number of benzene rings is 2. The molecular weight excluding hydrogens is 396 g/mol. The Morgan fingerprint density at radius 1 is 1.21 bits per heavy atom. The molecule has 2 aromatic carbocycles. The molecular formula is C19H22N4O5S. The van der Waals surface area contributed by atoms with E-state index in [0.29, 0.717) is 17.0 Å². The summed E-state index contributed by atoms with van der Waals surface area (Å²) >= 11 is 0. The maximum absolute atomic E-state index is 12.3. The minimum atomic E-state index is -3.71. The lowest BCUT2D eigenvalue weighted by Crippen LogP contribution is -2.39. The van der Waals surface area contributed by atoms with Gasteiger partial charge in [-0.2, -0.15) is 5.10 Å². The van der Waals surface area contributed by atoms with Crippen molar-refractivity contribution in [2.45, 2.75) is 20.8 Å². The highest BCUT2D eigenvalue weighted by molar-refractivity contribution is 7.92. The van der Waals surface area contributed by atoms with E-state index in [2.05, 4.69) is 10.5 Å². The molecule has 2 rings (SSSR count). The molecule has 1 N–H and O–H groups in total. The van der Waals surface area contributed by atoms with Gasteiger partial charge in [0.1, 0.15) is 6.54 Å². The Morgan fingerprint density at radius 3 is 2.48 bits per heavy atom. The molecule has 0 aromatic heterocycles. The van der Waals surface area contributed by atoms with Crippen LogP contribution in [0.2, 0.25) is 0 Å². The molecule has 0 atom stereocenters. The van der Waals surface area contributed by atoms with E-state index in [1.54, 1.807) is 32.0 Å². The summed E-state index contributed by atoms with van der Waals surface area (Å²) in [5, 5.41) is 14.8. The second kappa shape index (κ2) is 8.82. The van der Waals surface area contributed by atoms with Crippen LogP contribution in [0.5, 0.6) is 0 Å². The van der Waals surface area contributed by atoms with Gasteiger partial charge in [0, 0.05) is 17.7 Å². The molecule has 9 nitrogen and oxygen atoms in total. The number of nitro benzene ring substituents is 1. The zero-order chi connectivity index (χ0) is 21.8. The van der Waals surface area contributed by atoms with Crippen LogP contribution in [0.4, 0.5) is 11.4 Å². The number of hydrazone groups is 1. The van der Waals surface area contributed by atoms with Gasteiger partial charge < -0.3 is 0 Å². The molecule has 0 radical (unpaired) electrons. The van der Waals surface area contributed by atoms with E-state index >= 15 is 0 Å². The number of carbonyl (C=O) groups excluding carboxylic acids is 1. The topological polar surface area (TPSA) is 122 Å². The molecule has 0 unspecified atom stereocenters. The number of aryl methyl sites for hydroxylation is 1. The van der Waals surface area contributed by atoms with Crippen LogP contribution in [-0.2, 0) is 14.8 Å². The second-order valence-electron chi connectivity index (χ2n) is 6.53. The maximum Gasteiger partial charge on any atom is 0.270 e. The van der Waals surface area contributed by atoms with Crippen molar-refractivity contribution in [2.75, 3.05) is 17.1 Å². The van der Waals surface area contributed by atoms with Crippen molar-refractivity contribution in [3.8, 4) is 0 Å². The van der Waals surface area contributed by atoms with E-state index in [-0.39, 0.29) is 5.69 Å². The van der Waals surface area contributed by atoms with Gasteiger partial charge in [-0.05, 0) is 38.0 Å². The number of rotatable bonds is 7. The average Bonchev–Trinajstić information content (AvgIpc) is 2.66. The molecule has 0 fully saturated rings. The van der Waals surface area contributed by atoms with Crippen molar-refractivity contribution in [2.24, 2.45) is 5.10 Å². The van der Waals surface area contributed by atoms with Gasteiger partial charge in [-0.25, -0.2) is 13.8 Å². The first kappa shape index (κ1) is 22.0. The standard InChI is InChI=1S/C19H22N4O5S/c1-13-7-5-10-18(14(13)2)22(29(4,27)28)12-19(24)21-20-15(3)16-8-6-9-17(11-16)23(25)26/h5-11H,12H2,1-4H3,(H,21,24)/b20-15-. The number of hydrogen-bond donors (Lipinski definition) is 1. The Labute approximate surface area is 169 Å². The molecule has 0 aliphatic heterocycles. The van der Waals surface area contributed by atoms with Gasteiger partial charge in [0.05, 0.1) is 22.6 Å². The smallest absolute Gasteiger partial charge is 0.270 e. The molecule has 1 amide bonds. The predicted octanol–water partition coefficient (Wildman–Crippen LogP) is 2.52. The number of nitrogens with one attached hydrogen (secondary N) is 1. The zero-order valence-corrected chi connectivity index (χ0v) is 17.4. The van der Waals surface area contributed by atoms with Gasteiger partial charge in [0.2, 0.25) is 10.0 Å². The molecule has 2 aromatic rings. The summed E-state index contributed by atoms with van der Waals surface area (Å²) in [5.74, 6) is -0.638. The van der Waals surface area contributed by atoms with Crippen LogP contribution in [0.3, 0.4) is 0 Å². The quantitative estimate of drug-likeness (QED) is 0.421. The maximum atomic E-state index is 12.3. The molecule has 0 spiro atoms. The Morgan fingerprint density at radius 2 is 1.86 bits per heavy atom. The SMILES string of the molecule is C/C(=N/NC(=O)CN(c1cccc(C)c1C)S(C)(=O)=O)c1cccc([N+](=O)[O-])c1. The largest absolute Gasteiger partial charge is 0.271 e. The minimum absolute atomic E-state index is 0.0958. The highest BCUT2D eigenvalue weighted by Gasteiger charge is 2.22. The van der Waals surface area contributed by atoms with Crippen LogP contribution >= 0.6 is 0 Å². The third-order valence-electron chi connectivity index (χ3n) is 4.36. The fourth-order valence-corrected chi connectivity index (χ4v) is 3.51. The monoisotopic (exact) mass is 418 g/mol. The van der Waals surface area contributed by atoms with E-state index in [1.165, 1.54) is 18.2 Å². The summed E-state index contributed by atoms with van der Waals surface area (Å²) in [6.07, 6.45) is 1.03. The summed E-state index contributed by atoms with van der Waals surface area (Å²) < 4.78 is 25.5. The highest BCUT2D eigenvalue weighted by atomic mass is 32.2. The second-order valence-corrected chi connectivity index (χ2v) is 8.44. The van der Waals surface area contributed by atoms with Crippen LogP contribution in [0.15, 0.2) is 47.6 Å². The van der Waals surface area contributed by atoms with Crippen molar-refractivity contribution in [1.82, 2.24) is 5.43 Å². The predicted molar refractivity (Wildman–Crippen MR) is 112 cm³/mol. The van der Waals surface area contributed by atoms with E-state index in [9.17, 15) is 23.3 Å². The fraction of sp³-hybridized carbons (Fsp3) is 0.263. The van der Waals surface area contributed by atoms with Gasteiger partial charge in [0.15, 0.2) is 0 Å². The number of carbonyl (C=O) groups is 1. The molecule has 0 aliphatic carbocycles. The summed E-state index contributed by atoms with van der Waals surface area (Å²) in [6.45, 7) is 4.77. The van der Waals surface area contributed by atoms with E-state index < -0.39 is 27.4 Å². The van der Waals surface area contributed by atoms with Gasteiger partial charge in [0.25, 0.3) is 11.6 Å². The van der Waals surface area contributed by atoms with E-state index in [4.69, 9.17) is 0 Å². The minimum Gasteiger partial charge on any atom is -0.271 e. The number of sulfonamides is 1. The lowest BCUT2D eigenvalue weighted by atomic mass is 10.1. The van der Waals surface area contributed by atoms with Crippen molar-refractivity contribution in [3.63, 3.8) is 0 Å². The lowest BCUT2D eigenvalue weighted by Gasteiger charge is -2.24. The van der Waals surface area contributed by atoms with Crippen molar-refractivity contribution < 1.29 is 18.1 Å². The summed E-state index contributed by atoms with van der Waals surface area (Å²) in [7, 11) is -3.71. The van der Waals surface area contributed by atoms with Crippen LogP contribution in [0.25, 0.3) is 0 Å². The number of non-ortho nitro benzene ring substituents is 1. The first-order valence-electron chi connectivity index (χ1n) is 8.62. The van der Waals surface area contributed by atoms with Crippen molar-refractivity contribution >= 4 is 33.0 Å². The number of nitrogens with zero attached hydrogens (tertiary/aromatic N) is 3. The molecule has 0 heterocycles. The van der Waals surface area contributed by atoms with Gasteiger partial charge in [-0.15, -0.1) is 0 Å². The third kappa shape index (κ3) is 5.61. The zero-order valence-electron chi connectivity index (χ0n) is 16.5. The van der Waals surface area contributed by atoms with Crippen LogP contribution in [0, 0.1) is 24.0 Å². The Balaban J connectivity index is 2.21. The molecule has 29 heavy (non-hydrogen) atoms. The molecule has 0 saturated carbocycles. The van der Waals surface area contributed by atoms with Crippen LogP contribution in [0.1, 0.15) is 23.6 Å². The number of hydrogen-bond acceptors (Lipinski definition) is 6. The van der Waals surface area contributed by atoms with Crippen LogP contribution < -0.4 is 9.73 Å². The molecule has 154 valence electrons. The van der Waals surface area contributed by atoms with Crippen molar-refractivity contribution in [3.05, 3.63) is 69.3 Å². The fourth-order valence-electron chi connectivity index (χ4n) is 2.61. The molecule has 0 bridgehead atoms.